The summed E-state index contributed by atoms with van der Waals surface area (Å²) in [6.45, 7) is 11.5. The number of pyridine rings is 1. The Bertz CT molecular complexity index is 483. The van der Waals surface area contributed by atoms with Crippen LogP contribution in [0.3, 0.4) is 0 Å². The second-order valence-electron chi connectivity index (χ2n) is 6.73. The molecule has 0 saturated carbocycles. The van der Waals surface area contributed by atoms with E-state index in [0.29, 0.717) is 6.54 Å². The van der Waals surface area contributed by atoms with Crippen LogP contribution in [0.1, 0.15) is 45.7 Å². The van der Waals surface area contributed by atoms with Gasteiger partial charge in [0.25, 0.3) is 0 Å². The van der Waals surface area contributed by atoms with Crippen molar-refractivity contribution in [3.63, 3.8) is 0 Å². The maximum absolute atomic E-state index is 4.65. The average Bonchev–Trinajstić information content (AvgIpc) is 2.59. The zero-order valence-electron chi connectivity index (χ0n) is 15.2. The number of hydrogen-bond acceptors (Lipinski definition) is 3. The summed E-state index contributed by atoms with van der Waals surface area (Å²) >= 11 is 0. The zero-order chi connectivity index (χ0) is 16.5. The summed E-state index contributed by atoms with van der Waals surface area (Å²) in [5.74, 6) is 0.864. The van der Waals surface area contributed by atoms with E-state index in [1.54, 1.807) is 0 Å². The van der Waals surface area contributed by atoms with Crippen molar-refractivity contribution in [2.45, 2.75) is 52.1 Å². The molecular weight excluding hydrogens is 413 g/mol. The first-order chi connectivity index (χ1) is 11.1. The molecule has 0 amide bonds. The number of piperidine rings is 1. The maximum atomic E-state index is 4.65. The van der Waals surface area contributed by atoms with Gasteiger partial charge in [-0.15, -0.1) is 24.0 Å². The number of hydrogen-bond donors (Lipinski definition) is 2. The number of nitrogens with zero attached hydrogens (tertiary/aromatic N) is 3. The van der Waals surface area contributed by atoms with E-state index in [9.17, 15) is 0 Å². The van der Waals surface area contributed by atoms with Crippen LogP contribution in [0.4, 0.5) is 0 Å². The van der Waals surface area contributed by atoms with Gasteiger partial charge in [-0.1, -0.05) is 12.5 Å². The van der Waals surface area contributed by atoms with E-state index in [-0.39, 0.29) is 29.5 Å². The Hall–Kier alpha value is -0.890. The minimum atomic E-state index is 0. The van der Waals surface area contributed by atoms with Gasteiger partial charge in [-0.25, -0.2) is 4.99 Å². The van der Waals surface area contributed by atoms with Gasteiger partial charge in [-0.05, 0) is 58.8 Å². The van der Waals surface area contributed by atoms with Gasteiger partial charge in [0, 0.05) is 24.8 Å². The number of nitrogens with one attached hydrogen (secondary N) is 2. The molecular formula is C18H32IN5. The van der Waals surface area contributed by atoms with Crippen molar-refractivity contribution in [2.24, 2.45) is 4.99 Å². The third-order valence-electron chi connectivity index (χ3n) is 4.37. The number of halogens is 1. The minimum Gasteiger partial charge on any atom is -0.357 e. The Kier molecular flexibility index (Phi) is 9.58. The highest BCUT2D eigenvalue weighted by atomic mass is 127. The molecule has 5 nitrogen and oxygen atoms in total. The summed E-state index contributed by atoms with van der Waals surface area (Å²) < 4.78 is 0. The number of guanidine groups is 1. The van der Waals surface area contributed by atoms with Crippen molar-refractivity contribution in [1.82, 2.24) is 20.5 Å². The second kappa shape index (κ2) is 10.9. The lowest BCUT2D eigenvalue weighted by Crippen LogP contribution is -2.54. The summed E-state index contributed by atoms with van der Waals surface area (Å²) in [5.41, 5.74) is 1.13. The van der Waals surface area contributed by atoms with E-state index in [1.807, 2.05) is 24.4 Å². The van der Waals surface area contributed by atoms with E-state index in [2.05, 4.69) is 46.3 Å². The number of likely N-dealkylation sites (tertiary alicyclic amines) is 1. The molecule has 6 heteroatoms. The molecule has 136 valence electrons. The molecule has 1 fully saturated rings. The zero-order valence-corrected chi connectivity index (χ0v) is 17.5. The first kappa shape index (κ1) is 21.2. The lowest BCUT2D eigenvalue weighted by Gasteiger charge is -2.41. The lowest BCUT2D eigenvalue weighted by atomic mass is 9.98. The molecule has 0 atom stereocenters. The number of rotatable bonds is 6. The monoisotopic (exact) mass is 445 g/mol. The SMILES string of the molecule is CCNC(=NCc1ccccn1)NCC(C)(C)N1CCCCC1.I. The fraction of sp³-hybridized carbons (Fsp3) is 0.667. The van der Waals surface area contributed by atoms with Gasteiger partial charge in [-0.3, -0.25) is 9.88 Å². The summed E-state index contributed by atoms with van der Waals surface area (Å²) in [5, 5.41) is 6.82. The van der Waals surface area contributed by atoms with E-state index in [1.165, 1.54) is 32.4 Å². The highest BCUT2D eigenvalue weighted by molar-refractivity contribution is 14.0. The van der Waals surface area contributed by atoms with Crippen molar-refractivity contribution in [3.8, 4) is 0 Å². The average molecular weight is 445 g/mol. The third kappa shape index (κ3) is 6.93. The summed E-state index contributed by atoms with van der Waals surface area (Å²) in [6, 6.07) is 5.93. The van der Waals surface area contributed by atoms with Gasteiger partial charge >= 0.3 is 0 Å². The molecule has 2 heterocycles. The summed E-state index contributed by atoms with van der Waals surface area (Å²) in [6.07, 6.45) is 5.81. The van der Waals surface area contributed by atoms with Gasteiger partial charge in [0.1, 0.15) is 0 Å². The molecule has 1 aromatic rings. The topological polar surface area (TPSA) is 52.6 Å². The van der Waals surface area contributed by atoms with E-state index in [4.69, 9.17) is 0 Å². The number of aliphatic imine (C=N–C) groups is 1. The molecule has 0 unspecified atom stereocenters. The molecule has 1 aliphatic heterocycles. The van der Waals surface area contributed by atoms with Crippen LogP contribution < -0.4 is 10.6 Å². The predicted octanol–water partition coefficient (Wildman–Crippen LogP) is 3.02. The second-order valence-corrected chi connectivity index (χ2v) is 6.73. The van der Waals surface area contributed by atoms with Crippen LogP contribution in [0.25, 0.3) is 0 Å². The Morgan fingerprint density at radius 2 is 1.96 bits per heavy atom. The molecule has 2 N–H and O–H groups in total. The standard InChI is InChI=1S/C18H31N5.HI/c1-4-19-17(21-14-16-10-6-7-11-20-16)22-15-18(2,3)23-12-8-5-9-13-23;/h6-7,10-11H,4-5,8-9,12-15H2,1-3H3,(H2,19,21,22);1H. The van der Waals surface area contributed by atoms with Gasteiger partial charge in [0.15, 0.2) is 5.96 Å². The summed E-state index contributed by atoms with van der Waals surface area (Å²) in [4.78, 5) is 11.6. The molecule has 1 aromatic heterocycles. The fourth-order valence-electron chi connectivity index (χ4n) is 2.90. The first-order valence-electron chi connectivity index (χ1n) is 8.79. The molecule has 1 aliphatic rings. The molecule has 0 radical (unpaired) electrons. The Morgan fingerprint density at radius 3 is 2.58 bits per heavy atom. The van der Waals surface area contributed by atoms with E-state index >= 15 is 0 Å². The largest absolute Gasteiger partial charge is 0.357 e. The quantitative estimate of drug-likeness (QED) is 0.402. The fourth-order valence-corrected chi connectivity index (χ4v) is 2.90. The normalized spacial score (nSPS) is 16.4. The van der Waals surface area contributed by atoms with Crippen LogP contribution in [0.15, 0.2) is 29.4 Å². The van der Waals surface area contributed by atoms with Crippen LogP contribution >= 0.6 is 24.0 Å². The predicted molar refractivity (Wildman–Crippen MR) is 112 cm³/mol. The van der Waals surface area contributed by atoms with Crippen molar-refractivity contribution in [2.75, 3.05) is 26.2 Å². The Labute approximate surface area is 163 Å². The highest BCUT2D eigenvalue weighted by Gasteiger charge is 2.27. The van der Waals surface area contributed by atoms with Crippen LogP contribution in [-0.4, -0.2) is 47.6 Å². The highest BCUT2D eigenvalue weighted by Crippen LogP contribution is 2.19. The van der Waals surface area contributed by atoms with Crippen molar-refractivity contribution < 1.29 is 0 Å². The van der Waals surface area contributed by atoms with Gasteiger partial charge in [-0.2, -0.15) is 0 Å². The van der Waals surface area contributed by atoms with Crippen LogP contribution in [0.2, 0.25) is 0 Å². The van der Waals surface area contributed by atoms with Crippen molar-refractivity contribution in [1.29, 1.82) is 0 Å². The van der Waals surface area contributed by atoms with Gasteiger partial charge in [0.05, 0.1) is 12.2 Å². The van der Waals surface area contributed by atoms with Crippen LogP contribution in [-0.2, 0) is 6.54 Å². The summed E-state index contributed by atoms with van der Waals surface area (Å²) in [7, 11) is 0. The van der Waals surface area contributed by atoms with Gasteiger partial charge in [0.2, 0.25) is 0 Å². The lowest BCUT2D eigenvalue weighted by molar-refractivity contribution is 0.0982. The first-order valence-corrected chi connectivity index (χ1v) is 8.79. The Morgan fingerprint density at radius 1 is 1.21 bits per heavy atom. The smallest absolute Gasteiger partial charge is 0.191 e. The van der Waals surface area contributed by atoms with E-state index < -0.39 is 0 Å². The molecule has 0 bridgehead atoms. The number of aromatic nitrogens is 1. The molecule has 0 spiro atoms. The molecule has 0 aliphatic carbocycles. The minimum absolute atomic E-state index is 0. The van der Waals surface area contributed by atoms with Crippen LogP contribution in [0.5, 0.6) is 0 Å². The van der Waals surface area contributed by atoms with Gasteiger partial charge < -0.3 is 10.6 Å². The molecule has 24 heavy (non-hydrogen) atoms. The van der Waals surface area contributed by atoms with E-state index in [0.717, 1.165) is 24.7 Å². The molecule has 1 saturated heterocycles. The Balaban J connectivity index is 0.00000288. The third-order valence-corrected chi connectivity index (χ3v) is 4.37. The molecule has 2 rings (SSSR count). The van der Waals surface area contributed by atoms with Crippen molar-refractivity contribution >= 4 is 29.9 Å². The van der Waals surface area contributed by atoms with Crippen molar-refractivity contribution in [3.05, 3.63) is 30.1 Å². The van der Waals surface area contributed by atoms with Crippen LogP contribution in [0, 0.1) is 0 Å². The maximum Gasteiger partial charge on any atom is 0.191 e. The molecule has 0 aromatic carbocycles.